The summed E-state index contributed by atoms with van der Waals surface area (Å²) in [4.78, 5) is 0. The molecule has 0 radical (unpaired) electrons. The molecule has 0 unspecified atom stereocenters. The van der Waals surface area contributed by atoms with Gasteiger partial charge in [0.2, 0.25) is 0 Å². The Balaban J connectivity index is 5.08. The molecule has 0 atom stereocenters. The van der Waals surface area contributed by atoms with Crippen LogP contribution in [0.25, 0.3) is 0 Å². The van der Waals surface area contributed by atoms with Crippen LogP contribution in [-0.2, 0) is 0 Å². The minimum Gasteiger partial charge on any atom is -0.0958 e. The van der Waals surface area contributed by atoms with Crippen molar-refractivity contribution in [3.05, 3.63) is 34.9 Å². The molecule has 0 aromatic rings. The Kier molecular flexibility index (Phi) is 4.33. The normalized spacial score (nSPS) is 12.8. The Bertz CT molecular complexity index is 231. The molecule has 0 amide bonds. The highest BCUT2D eigenvalue weighted by Crippen LogP contribution is 2.27. The van der Waals surface area contributed by atoms with E-state index in [0.717, 1.165) is 16.7 Å². The Labute approximate surface area is 80.6 Å². The van der Waals surface area contributed by atoms with Gasteiger partial charge in [0.25, 0.3) is 0 Å². The summed E-state index contributed by atoms with van der Waals surface area (Å²) >= 11 is 5.88. The summed E-state index contributed by atoms with van der Waals surface area (Å²) in [5.41, 5.74) is 3.33. The average molecular weight is 185 g/mol. The molecule has 68 valence electrons. The zero-order chi connectivity index (χ0) is 9.89. The molecule has 0 saturated carbocycles. The van der Waals surface area contributed by atoms with Gasteiger partial charge in [-0.25, -0.2) is 0 Å². The number of hydrogen-bond donors (Lipinski definition) is 0. The van der Waals surface area contributed by atoms with Crippen LogP contribution >= 0.6 is 11.6 Å². The van der Waals surface area contributed by atoms with E-state index in [0.29, 0.717) is 11.0 Å². The monoisotopic (exact) mass is 184 g/mol. The van der Waals surface area contributed by atoms with Crippen LogP contribution in [0.5, 0.6) is 0 Å². The van der Waals surface area contributed by atoms with E-state index in [1.807, 2.05) is 13.8 Å². The Morgan fingerprint density at radius 3 is 1.67 bits per heavy atom. The van der Waals surface area contributed by atoms with Gasteiger partial charge < -0.3 is 0 Å². The van der Waals surface area contributed by atoms with Crippen molar-refractivity contribution >= 4 is 11.6 Å². The van der Waals surface area contributed by atoms with Crippen molar-refractivity contribution in [3.63, 3.8) is 0 Å². The number of rotatable bonds is 3. The lowest BCUT2D eigenvalue weighted by atomic mass is 9.95. The maximum atomic E-state index is 5.88. The highest BCUT2D eigenvalue weighted by atomic mass is 35.5. The molecular weight excluding hydrogens is 168 g/mol. The predicted octanol–water partition coefficient (Wildman–Crippen LogP) is 4.29. The first-order valence-electron chi connectivity index (χ1n) is 4.09. The van der Waals surface area contributed by atoms with Gasteiger partial charge in [-0.2, -0.15) is 0 Å². The highest BCUT2D eigenvalue weighted by Gasteiger charge is 2.09. The Morgan fingerprint density at radius 1 is 1.17 bits per heavy atom. The number of halogens is 1. The quantitative estimate of drug-likeness (QED) is 0.575. The fourth-order valence-electron chi connectivity index (χ4n) is 1.18. The van der Waals surface area contributed by atoms with Crippen molar-refractivity contribution in [2.24, 2.45) is 5.92 Å². The molecule has 12 heavy (non-hydrogen) atoms. The molecule has 0 saturated heterocycles. The molecule has 0 aliphatic rings. The minimum absolute atomic E-state index is 0.409. The minimum atomic E-state index is 0.409. The van der Waals surface area contributed by atoms with Crippen molar-refractivity contribution in [2.75, 3.05) is 0 Å². The van der Waals surface area contributed by atoms with E-state index in [4.69, 9.17) is 11.6 Å². The molecule has 0 aliphatic heterocycles. The van der Waals surface area contributed by atoms with Gasteiger partial charge in [-0.1, -0.05) is 44.2 Å². The molecule has 0 fully saturated rings. The van der Waals surface area contributed by atoms with Gasteiger partial charge >= 0.3 is 0 Å². The van der Waals surface area contributed by atoms with Crippen LogP contribution in [0, 0.1) is 5.92 Å². The highest BCUT2D eigenvalue weighted by molar-refractivity contribution is 6.31. The van der Waals surface area contributed by atoms with Gasteiger partial charge in [-0.3, -0.25) is 0 Å². The van der Waals surface area contributed by atoms with Crippen LogP contribution in [-0.4, -0.2) is 0 Å². The van der Waals surface area contributed by atoms with Crippen molar-refractivity contribution in [3.8, 4) is 0 Å². The summed E-state index contributed by atoms with van der Waals surface area (Å²) < 4.78 is 0. The van der Waals surface area contributed by atoms with E-state index >= 15 is 0 Å². The third kappa shape index (κ3) is 2.86. The van der Waals surface area contributed by atoms with E-state index in [1.165, 1.54) is 0 Å². The van der Waals surface area contributed by atoms with Gasteiger partial charge in [0.05, 0.1) is 0 Å². The SMILES string of the molecule is C=C(C)/C(C)=C(\C(=C)Cl)C(C)C. The van der Waals surface area contributed by atoms with E-state index in [2.05, 4.69) is 27.0 Å². The number of allylic oxidation sites excluding steroid dienone is 4. The zero-order valence-corrected chi connectivity index (χ0v) is 9.13. The lowest BCUT2D eigenvalue weighted by Crippen LogP contribution is -1.98. The first kappa shape index (κ1) is 11.5. The molecule has 0 bridgehead atoms. The van der Waals surface area contributed by atoms with Crippen LogP contribution in [0.1, 0.15) is 27.7 Å². The van der Waals surface area contributed by atoms with E-state index < -0.39 is 0 Å². The second-order valence-corrected chi connectivity index (χ2v) is 3.83. The van der Waals surface area contributed by atoms with Crippen LogP contribution in [0.3, 0.4) is 0 Å². The zero-order valence-electron chi connectivity index (χ0n) is 8.37. The average Bonchev–Trinajstić information content (AvgIpc) is 1.85. The Morgan fingerprint density at radius 2 is 1.58 bits per heavy atom. The van der Waals surface area contributed by atoms with Crippen molar-refractivity contribution in [1.82, 2.24) is 0 Å². The maximum Gasteiger partial charge on any atom is 0.0371 e. The Hall–Kier alpha value is -0.490. The van der Waals surface area contributed by atoms with Crippen LogP contribution in [0.2, 0.25) is 0 Å². The van der Waals surface area contributed by atoms with E-state index in [9.17, 15) is 0 Å². The molecule has 0 N–H and O–H groups in total. The molecule has 0 nitrogen and oxygen atoms in total. The fraction of sp³-hybridized carbons (Fsp3) is 0.455. The topological polar surface area (TPSA) is 0 Å². The lowest BCUT2D eigenvalue weighted by molar-refractivity contribution is 0.778. The van der Waals surface area contributed by atoms with Crippen molar-refractivity contribution < 1.29 is 0 Å². The van der Waals surface area contributed by atoms with Crippen LogP contribution < -0.4 is 0 Å². The fourth-order valence-corrected chi connectivity index (χ4v) is 1.54. The van der Waals surface area contributed by atoms with E-state index in [1.54, 1.807) is 0 Å². The third-order valence-electron chi connectivity index (χ3n) is 1.91. The first-order chi connectivity index (χ1) is 5.37. The van der Waals surface area contributed by atoms with Gasteiger partial charge in [0.1, 0.15) is 0 Å². The molecule has 0 aromatic heterocycles. The summed E-state index contributed by atoms with van der Waals surface area (Å²) in [6.45, 7) is 15.9. The van der Waals surface area contributed by atoms with Crippen molar-refractivity contribution in [2.45, 2.75) is 27.7 Å². The van der Waals surface area contributed by atoms with Gasteiger partial charge in [-0.15, -0.1) is 0 Å². The summed E-state index contributed by atoms with van der Waals surface area (Å²) in [6.07, 6.45) is 0. The largest absolute Gasteiger partial charge is 0.0958 e. The van der Waals surface area contributed by atoms with E-state index in [-0.39, 0.29) is 0 Å². The molecule has 1 heteroatoms. The molecule has 0 aromatic carbocycles. The molecule has 0 rings (SSSR count). The second-order valence-electron chi connectivity index (χ2n) is 3.38. The van der Waals surface area contributed by atoms with Gasteiger partial charge in [-0.05, 0) is 30.9 Å². The molecule has 0 spiro atoms. The summed E-state index contributed by atoms with van der Waals surface area (Å²) in [5, 5.41) is 0.630. The van der Waals surface area contributed by atoms with Gasteiger partial charge in [0.15, 0.2) is 0 Å². The summed E-state index contributed by atoms with van der Waals surface area (Å²) in [7, 11) is 0. The van der Waals surface area contributed by atoms with Crippen molar-refractivity contribution in [1.29, 1.82) is 0 Å². The third-order valence-corrected chi connectivity index (χ3v) is 2.12. The van der Waals surface area contributed by atoms with Crippen LogP contribution in [0.15, 0.2) is 34.9 Å². The second kappa shape index (κ2) is 4.51. The maximum absolute atomic E-state index is 5.88. The number of hydrogen-bond acceptors (Lipinski definition) is 0. The standard InChI is InChI=1S/C11H17Cl/c1-7(2)9(5)11(8(3)4)10(6)12/h8H,1,6H2,2-5H3/b11-9-. The van der Waals surface area contributed by atoms with Crippen LogP contribution in [0.4, 0.5) is 0 Å². The smallest absolute Gasteiger partial charge is 0.0371 e. The first-order valence-corrected chi connectivity index (χ1v) is 4.47. The summed E-state index contributed by atoms with van der Waals surface area (Å²) in [6, 6.07) is 0. The summed E-state index contributed by atoms with van der Waals surface area (Å²) in [5.74, 6) is 0.409. The lowest BCUT2D eigenvalue weighted by Gasteiger charge is -2.14. The molecule has 0 heterocycles. The predicted molar refractivity (Wildman–Crippen MR) is 57.3 cm³/mol. The van der Waals surface area contributed by atoms with Gasteiger partial charge in [0, 0.05) is 5.03 Å². The molecule has 0 aliphatic carbocycles. The molecular formula is C11H17Cl.